The molecule has 0 radical (unpaired) electrons. The molecule has 1 aliphatic rings. The first-order chi connectivity index (χ1) is 6.23. The van der Waals surface area contributed by atoms with Gasteiger partial charge in [0.25, 0.3) is 0 Å². The Labute approximate surface area is 89.7 Å². The molecule has 1 heteroatoms. The van der Waals surface area contributed by atoms with Gasteiger partial charge in [0.05, 0.1) is 0 Å². The number of hydrogen-bond acceptors (Lipinski definition) is 1. The summed E-state index contributed by atoms with van der Waals surface area (Å²) in [7, 11) is 0. The smallest absolute Gasteiger partial charge is 0.00991 e. The molecule has 2 atom stereocenters. The largest absolute Gasteiger partial charge is 0.309 e. The minimum Gasteiger partial charge on any atom is -0.309 e. The second-order valence-electron chi connectivity index (χ2n) is 6.64. The molecule has 0 saturated heterocycles. The molecule has 1 saturated carbocycles. The maximum absolute atomic E-state index is 3.73. The molecule has 0 amide bonds. The van der Waals surface area contributed by atoms with Crippen LogP contribution >= 0.6 is 0 Å². The second-order valence-corrected chi connectivity index (χ2v) is 6.64. The summed E-state index contributed by atoms with van der Waals surface area (Å²) < 4.78 is 0. The van der Waals surface area contributed by atoms with Gasteiger partial charge in [-0.2, -0.15) is 0 Å². The van der Waals surface area contributed by atoms with Gasteiger partial charge in [0, 0.05) is 11.6 Å². The van der Waals surface area contributed by atoms with Crippen molar-refractivity contribution in [1.29, 1.82) is 0 Å². The van der Waals surface area contributed by atoms with Crippen molar-refractivity contribution in [3.8, 4) is 0 Å². The lowest BCUT2D eigenvalue weighted by Gasteiger charge is -2.31. The summed E-state index contributed by atoms with van der Waals surface area (Å²) in [6.07, 6.45) is 4.09. The topological polar surface area (TPSA) is 12.0 Å². The molecular formula is C13H27N. The van der Waals surface area contributed by atoms with E-state index in [1.165, 1.54) is 19.3 Å². The fourth-order valence-electron chi connectivity index (χ4n) is 2.53. The highest BCUT2D eigenvalue weighted by Crippen LogP contribution is 2.44. The Morgan fingerprint density at radius 3 is 2.21 bits per heavy atom. The molecule has 0 aliphatic heterocycles. The minimum absolute atomic E-state index is 0.271. The van der Waals surface area contributed by atoms with Crippen LogP contribution in [0.4, 0.5) is 0 Å². The molecule has 1 fully saturated rings. The van der Waals surface area contributed by atoms with Crippen molar-refractivity contribution in [2.75, 3.05) is 0 Å². The summed E-state index contributed by atoms with van der Waals surface area (Å²) in [4.78, 5) is 0. The Hall–Kier alpha value is -0.0400. The van der Waals surface area contributed by atoms with Gasteiger partial charge < -0.3 is 5.32 Å². The van der Waals surface area contributed by atoms with Crippen LogP contribution in [0.2, 0.25) is 0 Å². The molecule has 14 heavy (non-hydrogen) atoms. The maximum atomic E-state index is 3.73. The first kappa shape index (κ1) is 12.0. The van der Waals surface area contributed by atoms with E-state index in [1.807, 2.05) is 0 Å². The predicted octanol–water partition coefficient (Wildman–Crippen LogP) is 3.59. The van der Waals surface area contributed by atoms with Crippen molar-refractivity contribution < 1.29 is 0 Å². The van der Waals surface area contributed by atoms with Crippen molar-refractivity contribution in [3.63, 3.8) is 0 Å². The van der Waals surface area contributed by atoms with Gasteiger partial charge in [0.1, 0.15) is 0 Å². The molecule has 1 nitrogen and oxygen atoms in total. The Morgan fingerprint density at radius 2 is 1.86 bits per heavy atom. The van der Waals surface area contributed by atoms with E-state index >= 15 is 0 Å². The predicted molar refractivity (Wildman–Crippen MR) is 63.5 cm³/mol. The molecular weight excluding hydrogens is 170 g/mol. The number of nitrogens with one attached hydrogen (secondary N) is 1. The first-order valence-electron chi connectivity index (χ1n) is 6.01. The first-order valence-corrected chi connectivity index (χ1v) is 6.01. The Bertz CT molecular complexity index is 190. The lowest BCUT2D eigenvalue weighted by molar-refractivity contribution is 0.215. The van der Waals surface area contributed by atoms with Crippen molar-refractivity contribution in [1.82, 2.24) is 5.32 Å². The van der Waals surface area contributed by atoms with E-state index in [2.05, 4.69) is 46.9 Å². The van der Waals surface area contributed by atoms with Gasteiger partial charge in [-0.1, -0.05) is 20.8 Å². The summed E-state index contributed by atoms with van der Waals surface area (Å²) in [6.45, 7) is 14.0. The van der Waals surface area contributed by atoms with Crippen LogP contribution in [0, 0.1) is 11.3 Å². The summed E-state index contributed by atoms with van der Waals surface area (Å²) >= 11 is 0. The molecule has 0 aromatic rings. The molecule has 1 rings (SSSR count). The van der Waals surface area contributed by atoms with Crippen LogP contribution in [0.25, 0.3) is 0 Å². The van der Waals surface area contributed by atoms with E-state index in [-0.39, 0.29) is 5.54 Å². The van der Waals surface area contributed by atoms with E-state index in [1.54, 1.807) is 0 Å². The van der Waals surface area contributed by atoms with E-state index < -0.39 is 0 Å². The summed E-state index contributed by atoms with van der Waals surface area (Å²) in [5.41, 5.74) is 0.843. The van der Waals surface area contributed by atoms with Gasteiger partial charge >= 0.3 is 0 Å². The van der Waals surface area contributed by atoms with Crippen LogP contribution in [0.15, 0.2) is 0 Å². The highest BCUT2D eigenvalue weighted by molar-refractivity contribution is 4.93. The molecule has 0 bridgehead atoms. The fraction of sp³-hybridized carbons (Fsp3) is 1.00. The Kier molecular flexibility index (Phi) is 3.30. The second kappa shape index (κ2) is 3.84. The molecule has 0 aromatic carbocycles. The highest BCUT2D eigenvalue weighted by atomic mass is 15.0. The molecule has 1 aliphatic carbocycles. The van der Waals surface area contributed by atoms with Gasteiger partial charge in [-0.15, -0.1) is 0 Å². The average molecular weight is 197 g/mol. The Balaban J connectivity index is 2.49. The standard InChI is InChI=1S/C13H27N/c1-10(2)13(6)8-7-11(9-13)14-12(3,4)5/h10-11,14H,7-9H2,1-6H3. The van der Waals surface area contributed by atoms with Gasteiger partial charge in [0.15, 0.2) is 0 Å². The van der Waals surface area contributed by atoms with E-state index in [9.17, 15) is 0 Å². The van der Waals surface area contributed by atoms with Crippen molar-refractivity contribution in [2.24, 2.45) is 11.3 Å². The lowest BCUT2D eigenvalue weighted by atomic mass is 9.77. The van der Waals surface area contributed by atoms with E-state index in [0.717, 1.165) is 12.0 Å². The molecule has 0 spiro atoms. The normalized spacial score (nSPS) is 34.1. The van der Waals surface area contributed by atoms with Crippen LogP contribution in [0.1, 0.15) is 60.8 Å². The third kappa shape index (κ3) is 2.98. The highest BCUT2D eigenvalue weighted by Gasteiger charge is 2.38. The fourth-order valence-corrected chi connectivity index (χ4v) is 2.53. The quantitative estimate of drug-likeness (QED) is 0.713. The molecule has 0 heterocycles. The molecule has 2 unspecified atom stereocenters. The zero-order valence-corrected chi connectivity index (χ0v) is 10.8. The third-order valence-electron chi connectivity index (χ3n) is 3.81. The zero-order chi connectivity index (χ0) is 11.0. The third-order valence-corrected chi connectivity index (χ3v) is 3.81. The number of hydrogen-bond donors (Lipinski definition) is 1. The van der Waals surface area contributed by atoms with Crippen molar-refractivity contribution in [2.45, 2.75) is 72.4 Å². The molecule has 0 aromatic heterocycles. The Morgan fingerprint density at radius 1 is 1.29 bits per heavy atom. The zero-order valence-electron chi connectivity index (χ0n) is 10.8. The average Bonchev–Trinajstić information content (AvgIpc) is 2.29. The maximum Gasteiger partial charge on any atom is 0.00991 e. The monoisotopic (exact) mass is 197 g/mol. The van der Waals surface area contributed by atoms with Crippen LogP contribution in [-0.2, 0) is 0 Å². The van der Waals surface area contributed by atoms with Gasteiger partial charge in [-0.3, -0.25) is 0 Å². The lowest BCUT2D eigenvalue weighted by Crippen LogP contribution is -2.43. The summed E-state index contributed by atoms with van der Waals surface area (Å²) in [5, 5.41) is 3.73. The SMILES string of the molecule is CC(C)C1(C)CCC(NC(C)(C)C)C1. The van der Waals surface area contributed by atoms with Gasteiger partial charge in [-0.05, 0) is 51.4 Å². The van der Waals surface area contributed by atoms with Crippen LogP contribution in [0.3, 0.4) is 0 Å². The number of rotatable bonds is 2. The van der Waals surface area contributed by atoms with Crippen LogP contribution in [0.5, 0.6) is 0 Å². The van der Waals surface area contributed by atoms with Crippen LogP contribution < -0.4 is 5.32 Å². The summed E-state index contributed by atoms with van der Waals surface area (Å²) in [5.74, 6) is 0.814. The summed E-state index contributed by atoms with van der Waals surface area (Å²) in [6, 6.07) is 0.738. The molecule has 84 valence electrons. The minimum atomic E-state index is 0.271. The van der Waals surface area contributed by atoms with Gasteiger partial charge in [0.2, 0.25) is 0 Å². The van der Waals surface area contributed by atoms with Gasteiger partial charge in [-0.25, -0.2) is 0 Å². The van der Waals surface area contributed by atoms with E-state index in [4.69, 9.17) is 0 Å². The van der Waals surface area contributed by atoms with Crippen molar-refractivity contribution in [3.05, 3.63) is 0 Å². The van der Waals surface area contributed by atoms with E-state index in [0.29, 0.717) is 5.41 Å². The van der Waals surface area contributed by atoms with Crippen LogP contribution in [-0.4, -0.2) is 11.6 Å². The van der Waals surface area contributed by atoms with Crippen molar-refractivity contribution >= 4 is 0 Å². The molecule has 1 N–H and O–H groups in total.